The normalized spacial score (nSPS) is 10.1. The summed E-state index contributed by atoms with van der Waals surface area (Å²) in [4.78, 5) is 4.02. The van der Waals surface area contributed by atoms with Crippen molar-refractivity contribution in [2.24, 2.45) is 0 Å². The molecule has 0 aliphatic rings. The molecule has 2 rings (SSSR count). The highest BCUT2D eigenvalue weighted by Gasteiger charge is 2.03. The summed E-state index contributed by atoms with van der Waals surface area (Å²) < 4.78 is 10.9. The van der Waals surface area contributed by atoms with Crippen molar-refractivity contribution in [1.82, 2.24) is 4.98 Å². The van der Waals surface area contributed by atoms with Gasteiger partial charge < -0.3 is 15.2 Å². The van der Waals surface area contributed by atoms with Gasteiger partial charge in [-0.25, -0.2) is 4.98 Å². The average Bonchev–Trinajstić information content (AvgIpc) is 2.65. The lowest BCUT2D eigenvalue weighted by Crippen LogP contribution is -1.91. The predicted octanol–water partition coefficient (Wildman–Crippen LogP) is 2.92. The molecule has 0 saturated carbocycles. The van der Waals surface area contributed by atoms with Crippen LogP contribution in [0.1, 0.15) is 6.92 Å². The van der Waals surface area contributed by atoms with E-state index in [0.29, 0.717) is 22.6 Å². The third-order valence-electron chi connectivity index (χ3n) is 1.82. The summed E-state index contributed by atoms with van der Waals surface area (Å²) in [6.45, 7) is 2.57. The molecule has 2 aromatic rings. The van der Waals surface area contributed by atoms with Gasteiger partial charge in [0.1, 0.15) is 16.5 Å². The van der Waals surface area contributed by atoms with E-state index in [1.807, 2.05) is 31.2 Å². The monoisotopic (exact) mass is 236 g/mol. The fourth-order valence-electron chi connectivity index (χ4n) is 1.21. The van der Waals surface area contributed by atoms with Gasteiger partial charge in [-0.1, -0.05) is 17.4 Å². The first-order valence-electron chi connectivity index (χ1n) is 4.90. The first kappa shape index (κ1) is 10.8. The van der Waals surface area contributed by atoms with Crippen LogP contribution in [0.3, 0.4) is 0 Å². The first-order chi connectivity index (χ1) is 7.78. The van der Waals surface area contributed by atoms with Crippen LogP contribution in [0.4, 0.5) is 5.00 Å². The number of nitrogen functional groups attached to an aromatic ring is 1. The van der Waals surface area contributed by atoms with E-state index in [-0.39, 0.29) is 0 Å². The van der Waals surface area contributed by atoms with E-state index in [0.717, 1.165) is 5.75 Å². The van der Waals surface area contributed by atoms with E-state index in [2.05, 4.69) is 4.98 Å². The minimum absolute atomic E-state index is 0.533. The minimum Gasteiger partial charge on any atom is -0.494 e. The zero-order chi connectivity index (χ0) is 11.4. The summed E-state index contributed by atoms with van der Waals surface area (Å²) in [6, 6.07) is 7.42. The first-order valence-corrected chi connectivity index (χ1v) is 5.71. The fraction of sp³-hybridized carbons (Fsp3) is 0.182. The van der Waals surface area contributed by atoms with Crippen molar-refractivity contribution in [3.05, 3.63) is 30.5 Å². The zero-order valence-electron chi connectivity index (χ0n) is 8.84. The third kappa shape index (κ3) is 2.64. The van der Waals surface area contributed by atoms with E-state index in [9.17, 15) is 0 Å². The van der Waals surface area contributed by atoms with Crippen LogP contribution in [0, 0.1) is 0 Å². The number of benzene rings is 1. The largest absolute Gasteiger partial charge is 0.494 e. The molecular weight excluding hydrogens is 224 g/mol. The van der Waals surface area contributed by atoms with Crippen LogP contribution in [0.2, 0.25) is 0 Å². The second-order valence-electron chi connectivity index (χ2n) is 3.04. The number of aromatic nitrogens is 1. The van der Waals surface area contributed by atoms with Gasteiger partial charge in [-0.15, -0.1) is 0 Å². The molecule has 5 heteroatoms. The zero-order valence-corrected chi connectivity index (χ0v) is 9.66. The molecule has 0 fully saturated rings. The van der Waals surface area contributed by atoms with E-state index < -0.39 is 0 Å². The molecule has 2 N–H and O–H groups in total. The molecule has 0 amide bonds. The maximum atomic E-state index is 5.56. The molecule has 16 heavy (non-hydrogen) atoms. The van der Waals surface area contributed by atoms with Gasteiger partial charge in [0.05, 0.1) is 12.8 Å². The molecule has 1 aromatic carbocycles. The smallest absolute Gasteiger partial charge is 0.280 e. The molecule has 84 valence electrons. The fourth-order valence-corrected chi connectivity index (χ4v) is 1.76. The Morgan fingerprint density at radius 2 is 2.19 bits per heavy atom. The topological polar surface area (TPSA) is 57.4 Å². The lowest BCUT2D eigenvalue weighted by molar-refractivity contribution is 0.338. The number of hydrogen-bond acceptors (Lipinski definition) is 5. The van der Waals surface area contributed by atoms with Crippen molar-refractivity contribution in [2.45, 2.75) is 6.92 Å². The molecule has 0 aliphatic carbocycles. The van der Waals surface area contributed by atoms with Crippen LogP contribution in [0.15, 0.2) is 30.5 Å². The van der Waals surface area contributed by atoms with E-state index in [1.165, 1.54) is 11.3 Å². The maximum Gasteiger partial charge on any atom is 0.280 e. The van der Waals surface area contributed by atoms with Gasteiger partial charge in [-0.2, -0.15) is 0 Å². The number of thiazole rings is 1. The van der Waals surface area contributed by atoms with Crippen LogP contribution in [0.25, 0.3) is 0 Å². The number of nitrogens with zero attached hydrogens (tertiary/aromatic N) is 1. The Morgan fingerprint density at radius 1 is 1.38 bits per heavy atom. The average molecular weight is 236 g/mol. The van der Waals surface area contributed by atoms with Gasteiger partial charge in [-0.05, 0) is 19.1 Å². The van der Waals surface area contributed by atoms with Crippen molar-refractivity contribution < 1.29 is 9.47 Å². The summed E-state index contributed by atoms with van der Waals surface area (Å²) >= 11 is 1.31. The molecule has 4 nitrogen and oxygen atoms in total. The van der Waals surface area contributed by atoms with Gasteiger partial charge in [0.25, 0.3) is 5.19 Å². The van der Waals surface area contributed by atoms with Crippen LogP contribution in [-0.4, -0.2) is 11.6 Å². The molecule has 0 radical (unpaired) electrons. The number of nitrogens with two attached hydrogens (primary N) is 1. The molecular formula is C11H12N2O2S. The Balaban J connectivity index is 2.12. The Kier molecular flexibility index (Phi) is 3.26. The summed E-state index contributed by atoms with van der Waals surface area (Å²) in [6.07, 6.45) is 1.58. The Morgan fingerprint density at radius 3 is 2.88 bits per heavy atom. The Labute approximate surface area is 97.6 Å². The van der Waals surface area contributed by atoms with Crippen molar-refractivity contribution in [1.29, 1.82) is 0 Å². The Hall–Kier alpha value is -1.75. The van der Waals surface area contributed by atoms with E-state index >= 15 is 0 Å². The van der Waals surface area contributed by atoms with E-state index in [4.69, 9.17) is 15.2 Å². The quantitative estimate of drug-likeness (QED) is 0.886. The minimum atomic E-state index is 0.533. The van der Waals surface area contributed by atoms with Gasteiger partial charge in [-0.3, -0.25) is 0 Å². The molecule has 0 atom stereocenters. The second-order valence-corrected chi connectivity index (χ2v) is 4.06. The third-order valence-corrected chi connectivity index (χ3v) is 2.53. The number of hydrogen-bond donors (Lipinski definition) is 1. The number of ether oxygens (including phenoxy) is 2. The van der Waals surface area contributed by atoms with Crippen LogP contribution in [0.5, 0.6) is 16.7 Å². The van der Waals surface area contributed by atoms with Crippen molar-refractivity contribution in [3.8, 4) is 16.7 Å². The van der Waals surface area contributed by atoms with Crippen molar-refractivity contribution >= 4 is 16.3 Å². The summed E-state index contributed by atoms with van der Waals surface area (Å²) in [5, 5.41) is 1.17. The van der Waals surface area contributed by atoms with Crippen molar-refractivity contribution in [2.75, 3.05) is 12.3 Å². The number of rotatable bonds is 4. The number of anilines is 1. The van der Waals surface area contributed by atoms with Gasteiger partial charge >= 0.3 is 0 Å². The Bertz CT molecular complexity index is 471. The second kappa shape index (κ2) is 4.85. The highest BCUT2D eigenvalue weighted by atomic mass is 32.1. The highest BCUT2D eigenvalue weighted by Crippen LogP contribution is 2.29. The summed E-state index contributed by atoms with van der Waals surface area (Å²) in [5.41, 5.74) is 5.56. The lowest BCUT2D eigenvalue weighted by atomic mass is 10.3. The van der Waals surface area contributed by atoms with Gasteiger partial charge in [0, 0.05) is 6.07 Å². The van der Waals surface area contributed by atoms with Crippen LogP contribution < -0.4 is 15.2 Å². The molecule has 0 saturated heterocycles. The predicted molar refractivity (Wildman–Crippen MR) is 64.2 cm³/mol. The molecule has 0 bridgehead atoms. The lowest BCUT2D eigenvalue weighted by Gasteiger charge is -2.05. The molecule has 0 aliphatic heterocycles. The van der Waals surface area contributed by atoms with Gasteiger partial charge in [0.2, 0.25) is 0 Å². The maximum absolute atomic E-state index is 5.56. The SMILES string of the molecule is CCOc1cccc(Oc2ncc(N)s2)c1. The molecule has 1 heterocycles. The molecule has 0 unspecified atom stereocenters. The van der Waals surface area contributed by atoms with Crippen LogP contribution in [-0.2, 0) is 0 Å². The highest BCUT2D eigenvalue weighted by molar-refractivity contribution is 7.17. The van der Waals surface area contributed by atoms with Gasteiger partial charge in [0.15, 0.2) is 0 Å². The summed E-state index contributed by atoms with van der Waals surface area (Å²) in [5.74, 6) is 1.48. The van der Waals surface area contributed by atoms with Crippen LogP contribution >= 0.6 is 11.3 Å². The molecule has 0 spiro atoms. The molecule has 1 aromatic heterocycles. The standard InChI is InChI=1S/C11H12N2O2S/c1-2-14-8-4-3-5-9(6-8)15-11-13-7-10(12)16-11/h3-7H,2,12H2,1H3. The summed E-state index contributed by atoms with van der Waals surface area (Å²) in [7, 11) is 0. The van der Waals surface area contributed by atoms with Crippen molar-refractivity contribution in [3.63, 3.8) is 0 Å². The van der Waals surface area contributed by atoms with E-state index in [1.54, 1.807) is 6.20 Å².